The summed E-state index contributed by atoms with van der Waals surface area (Å²) in [5, 5.41) is 10.5. The first kappa shape index (κ1) is 22.6. The predicted molar refractivity (Wildman–Crippen MR) is 120 cm³/mol. The number of β-amino-alcohol motifs (C(OH)–C–C–N with tert-alkyl or cyclic N) is 1. The van der Waals surface area contributed by atoms with E-state index in [4.69, 9.17) is 9.47 Å². The van der Waals surface area contributed by atoms with Crippen molar-refractivity contribution < 1.29 is 23.0 Å². The highest BCUT2D eigenvalue weighted by atomic mass is 32.2. The van der Waals surface area contributed by atoms with Gasteiger partial charge in [-0.25, -0.2) is 13.1 Å². The highest BCUT2D eigenvalue weighted by molar-refractivity contribution is 7.89. The summed E-state index contributed by atoms with van der Waals surface area (Å²) >= 11 is 0. The second-order valence-electron chi connectivity index (χ2n) is 9.92. The summed E-state index contributed by atoms with van der Waals surface area (Å²) in [6, 6.07) is 5.61. The van der Waals surface area contributed by atoms with Gasteiger partial charge in [-0.2, -0.15) is 0 Å². The fourth-order valence-corrected chi connectivity index (χ4v) is 6.48. The third-order valence-electron chi connectivity index (χ3n) is 7.33. The number of likely N-dealkylation sites (N-methyl/N-ethyl adjacent to an activating group) is 1. The molecule has 1 saturated carbocycles. The zero-order chi connectivity index (χ0) is 22.3. The molecule has 5 rings (SSSR count). The maximum atomic E-state index is 13.1. The van der Waals surface area contributed by atoms with E-state index in [9.17, 15) is 13.5 Å². The zero-order valence-electron chi connectivity index (χ0n) is 18.8. The Labute approximate surface area is 190 Å². The van der Waals surface area contributed by atoms with E-state index in [1.165, 1.54) is 12.8 Å². The molecule has 0 amide bonds. The quantitative estimate of drug-likeness (QED) is 0.688. The standard InChI is InChI=1S/C23H35N3O5S/c1-25-13-19(27)11-24-32(28,29)23-5-4-18(17-6-8-30-9-7-17)10-21(23)31-22-15-26(14-20(22)25)12-16-2-3-16/h4-5,10,16-17,19-20,22,24,27H,2-3,6-9,11-15H2,1H3/t19-,20+,22-/m0/s1. The predicted octanol–water partition coefficient (Wildman–Crippen LogP) is 1.01. The lowest BCUT2D eigenvalue weighted by Gasteiger charge is -2.30. The highest BCUT2D eigenvalue weighted by Crippen LogP contribution is 2.36. The van der Waals surface area contributed by atoms with Crippen LogP contribution in [0.25, 0.3) is 0 Å². The fourth-order valence-electron chi connectivity index (χ4n) is 5.29. The summed E-state index contributed by atoms with van der Waals surface area (Å²) in [7, 11) is -1.80. The lowest BCUT2D eigenvalue weighted by Crippen LogP contribution is -2.47. The lowest BCUT2D eigenvalue weighted by molar-refractivity contribution is 0.0710. The van der Waals surface area contributed by atoms with Gasteiger partial charge in [-0.3, -0.25) is 9.80 Å². The average molecular weight is 466 g/mol. The summed E-state index contributed by atoms with van der Waals surface area (Å²) in [6.45, 7) is 4.56. The smallest absolute Gasteiger partial charge is 0.244 e. The van der Waals surface area contributed by atoms with E-state index >= 15 is 0 Å². The van der Waals surface area contributed by atoms with Crippen LogP contribution < -0.4 is 9.46 Å². The SMILES string of the molecule is CN1C[C@@H](O)CNS(=O)(=O)c2ccc(C3CCOCC3)cc2O[C@H]2CN(CC3CC3)C[C@H]21. The largest absolute Gasteiger partial charge is 0.486 e. The Morgan fingerprint density at radius 3 is 2.66 bits per heavy atom. The second-order valence-corrected chi connectivity index (χ2v) is 11.7. The van der Waals surface area contributed by atoms with Crippen LogP contribution in [0.3, 0.4) is 0 Å². The molecule has 3 heterocycles. The van der Waals surface area contributed by atoms with Crippen LogP contribution in [0.1, 0.15) is 37.2 Å². The van der Waals surface area contributed by atoms with E-state index in [0.717, 1.165) is 57.2 Å². The number of hydrogen-bond donors (Lipinski definition) is 2. The molecular formula is C23H35N3O5S. The number of nitrogens with one attached hydrogen (secondary N) is 1. The van der Waals surface area contributed by atoms with Gasteiger partial charge in [0.05, 0.1) is 12.1 Å². The van der Waals surface area contributed by atoms with Crippen molar-refractivity contribution >= 4 is 10.0 Å². The molecule has 1 aliphatic carbocycles. The molecule has 0 bridgehead atoms. The first-order valence-electron chi connectivity index (χ1n) is 11.9. The van der Waals surface area contributed by atoms with E-state index in [1.54, 1.807) is 6.07 Å². The van der Waals surface area contributed by atoms with Crippen molar-refractivity contribution in [1.29, 1.82) is 0 Å². The fraction of sp³-hybridized carbons (Fsp3) is 0.739. The van der Waals surface area contributed by atoms with Gasteiger partial charge < -0.3 is 14.6 Å². The number of ether oxygens (including phenoxy) is 2. The third kappa shape index (κ3) is 4.98. The van der Waals surface area contributed by atoms with Crippen LogP contribution in [0.5, 0.6) is 5.75 Å². The molecule has 3 atom stereocenters. The number of hydrogen-bond acceptors (Lipinski definition) is 7. The van der Waals surface area contributed by atoms with Crippen molar-refractivity contribution in [1.82, 2.24) is 14.5 Å². The average Bonchev–Trinajstić information content (AvgIpc) is 3.50. The summed E-state index contributed by atoms with van der Waals surface area (Å²) < 4.78 is 40.8. The minimum absolute atomic E-state index is 0.0169. The number of rotatable bonds is 3. The summed E-state index contributed by atoms with van der Waals surface area (Å²) in [5.41, 5.74) is 1.11. The Kier molecular flexibility index (Phi) is 6.48. The number of sulfonamides is 1. The topological polar surface area (TPSA) is 91.3 Å². The molecule has 3 aliphatic heterocycles. The lowest BCUT2D eigenvalue weighted by atomic mass is 9.92. The Morgan fingerprint density at radius 1 is 1.12 bits per heavy atom. The first-order chi connectivity index (χ1) is 15.4. The van der Waals surface area contributed by atoms with Gasteiger partial charge >= 0.3 is 0 Å². The molecular weight excluding hydrogens is 430 g/mol. The van der Waals surface area contributed by atoms with Crippen LogP contribution in [0.2, 0.25) is 0 Å². The Bertz CT molecular complexity index is 916. The third-order valence-corrected chi connectivity index (χ3v) is 8.79. The van der Waals surface area contributed by atoms with Gasteiger partial charge in [0.2, 0.25) is 10.0 Å². The van der Waals surface area contributed by atoms with Crippen LogP contribution in [-0.2, 0) is 14.8 Å². The van der Waals surface area contributed by atoms with Gasteiger partial charge in [-0.15, -0.1) is 0 Å². The van der Waals surface area contributed by atoms with Gasteiger partial charge in [0.1, 0.15) is 16.7 Å². The number of fused-ring (bicyclic) bond motifs is 2. The molecule has 1 aromatic carbocycles. The number of aliphatic hydroxyl groups is 1. The van der Waals surface area contributed by atoms with E-state index < -0.39 is 16.1 Å². The Morgan fingerprint density at radius 2 is 1.91 bits per heavy atom. The van der Waals surface area contributed by atoms with Crippen molar-refractivity contribution in [2.24, 2.45) is 5.92 Å². The number of likely N-dealkylation sites (tertiary alicyclic amines) is 1. The van der Waals surface area contributed by atoms with E-state index in [2.05, 4.69) is 14.5 Å². The molecule has 2 N–H and O–H groups in total. The molecule has 9 heteroatoms. The number of benzene rings is 1. The Balaban J connectivity index is 1.48. The van der Waals surface area contributed by atoms with Gasteiger partial charge in [-0.1, -0.05) is 6.07 Å². The van der Waals surface area contributed by atoms with Crippen molar-refractivity contribution in [3.8, 4) is 5.75 Å². The normalized spacial score (nSPS) is 32.5. The molecule has 1 aromatic rings. The molecule has 178 valence electrons. The molecule has 2 saturated heterocycles. The van der Waals surface area contributed by atoms with E-state index in [-0.39, 0.29) is 23.6 Å². The minimum Gasteiger partial charge on any atom is -0.486 e. The van der Waals surface area contributed by atoms with Crippen molar-refractivity contribution in [2.75, 3.05) is 53.0 Å². The van der Waals surface area contributed by atoms with Gasteiger partial charge in [-0.05, 0) is 62.3 Å². The first-order valence-corrected chi connectivity index (χ1v) is 13.4. The summed E-state index contributed by atoms with van der Waals surface area (Å²) in [4.78, 5) is 4.73. The molecule has 8 nitrogen and oxygen atoms in total. The number of aliphatic hydroxyl groups excluding tert-OH is 1. The number of nitrogens with zero attached hydrogens (tertiary/aromatic N) is 2. The van der Waals surface area contributed by atoms with Crippen molar-refractivity contribution in [2.45, 2.75) is 54.7 Å². The summed E-state index contributed by atoms with van der Waals surface area (Å²) in [5.74, 6) is 1.55. The van der Waals surface area contributed by atoms with Crippen LogP contribution in [-0.4, -0.2) is 94.6 Å². The molecule has 32 heavy (non-hydrogen) atoms. The Hall–Kier alpha value is -1.23. The van der Waals surface area contributed by atoms with Crippen molar-refractivity contribution in [3.63, 3.8) is 0 Å². The van der Waals surface area contributed by atoms with Crippen LogP contribution >= 0.6 is 0 Å². The minimum atomic E-state index is -3.80. The maximum Gasteiger partial charge on any atom is 0.244 e. The van der Waals surface area contributed by atoms with Crippen LogP contribution in [0.15, 0.2) is 23.1 Å². The maximum absolute atomic E-state index is 13.1. The second kappa shape index (κ2) is 9.19. The molecule has 3 fully saturated rings. The van der Waals surface area contributed by atoms with Gasteiger partial charge in [0.25, 0.3) is 0 Å². The van der Waals surface area contributed by atoms with Gasteiger partial charge in [0, 0.05) is 45.9 Å². The molecule has 0 unspecified atom stereocenters. The van der Waals surface area contributed by atoms with Gasteiger partial charge in [0.15, 0.2) is 0 Å². The monoisotopic (exact) mass is 465 g/mol. The van der Waals surface area contributed by atoms with Crippen LogP contribution in [0, 0.1) is 5.92 Å². The molecule has 0 spiro atoms. The zero-order valence-corrected chi connectivity index (χ0v) is 19.6. The van der Waals surface area contributed by atoms with E-state index in [0.29, 0.717) is 18.2 Å². The molecule has 4 aliphatic rings. The highest BCUT2D eigenvalue weighted by Gasteiger charge is 2.40. The van der Waals surface area contributed by atoms with E-state index in [1.807, 2.05) is 19.2 Å². The molecule has 0 aromatic heterocycles. The van der Waals surface area contributed by atoms with Crippen LogP contribution in [0.4, 0.5) is 0 Å². The summed E-state index contributed by atoms with van der Waals surface area (Å²) in [6.07, 6.45) is 3.52. The van der Waals surface area contributed by atoms with Crippen molar-refractivity contribution in [3.05, 3.63) is 23.8 Å². The molecule has 0 radical (unpaired) electrons.